The van der Waals surface area contributed by atoms with Gasteiger partial charge in [-0.2, -0.15) is 5.10 Å². The minimum absolute atomic E-state index is 0.423. The smallest absolute Gasteiger partial charge is 0.156 e. The Balaban J connectivity index is 1.62. The topological polar surface area (TPSA) is 64.9 Å². The molecule has 118 valence electrons. The van der Waals surface area contributed by atoms with Crippen molar-refractivity contribution in [3.8, 4) is 0 Å². The minimum atomic E-state index is 0.423. The van der Waals surface area contributed by atoms with Crippen LogP contribution in [0.25, 0.3) is 0 Å². The number of hydrogen-bond donors (Lipinski definition) is 1. The molecule has 0 aromatic carbocycles. The normalized spacial score (nSPS) is 15.4. The number of aryl methyl sites for hydroxylation is 1. The molecule has 0 saturated heterocycles. The number of nitrogens with zero attached hydrogens (tertiary/aromatic N) is 4. The molecule has 3 rings (SSSR count). The molecule has 0 spiro atoms. The fourth-order valence-corrected chi connectivity index (χ4v) is 2.94. The monoisotopic (exact) mass is 301 g/mol. The highest BCUT2D eigenvalue weighted by molar-refractivity contribution is 5.36. The van der Waals surface area contributed by atoms with Crippen LogP contribution < -0.4 is 5.32 Å². The zero-order valence-electron chi connectivity index (χ0n) is 13.2. The van der Waals surface area contributed by atoms with Crippen LogP contribution in [0.3, 0.4) is 0 Å². The van der Waals surface area contributed by atoms with Crippen LogP contribution in [0, 0.1) is 6.92 Å². The van der Waals surface area contributed by atoms with E-state index in [-0.39, 0.29) is 0 Å². The van der Waals surface area contributed by atoms with Crippen LogP contribution in [0.1, 0.15) is 48.9 Å². The fourth-order valence-electron chi connectivity index (χ4n) is 2.94. The van der Waals surface area contributed by atoms with Crippen molar-refractivity contribution < 1.29 is 4.74 Å². The van der Waals surface area contributed by atoms with E-state index in [1.807, 2.05) is 13.0 Å². The summed E-state index contributed by atoms with van der Waals surface area (Å²) in [6, 6.07) is 4.60. The van der Waals surface area contributed by atoms with Crippen molar-refractivity contribution in [1.82, 2.24) is 19.7 Å². The third-order valence-electron chi connectivity index (χ3n) is 3.99. The van der Waals surface area contributed by atoms with Crippen LogP contribution in [-0.4, -0.2) is 26.9 Å². The Bertz CT molecular complexity index is 619. The number of ether oxygens (including phenoxy) is 1. The van der Waals surface area contributed by atoms with Gasteiger partial charge in [-0.05, 0) is 25.8 Å². The van der Waals surface area contributed by atoms with Gasteiger partial charge in [0.25, 0.3) is 0 Å². The van der Waals surface area contributed by atoms with Gasteiger partial charge in [-0.1, -0.05) is 12.8 Å². The lowest BCUT2D eigenvalue weighted by Crippen LogP contribution is -2.09. The summed E-state index contributed by atoms with van der Waals surface area (Å²) in [7, 11) is 1.65. The van der Waals surface area contributed by atoms with Crippen molar-refractivity contribution in [3.63, 3.8) is 0 Å². The van der Waals surface area contributed by atoms with Crippen LogP contribution in [0.5, 0.6) is 0 Å². The molecule has 1 saturated carbocycles. The van der Waals surface area contributed by atoms with Crippen LogP contribution in [0.4, 0.5) is 5.82 Å². The summed E-state index contributed by atoms with van der Waals surface area (Å²) in [5.41, 5.74) is 1.97. The molecule has 1 aliphatic carbocycles. The molecule has 1 N–H and O–H groups in total. The predicted octanol–water partition coefficient (Wildman–Crippen LogP) is 2.86. The Morgan fingerprint density at radius 1 is 1.32 bits per heavy atom. The zero-order valence-corrected chi connectivity index (χ0v) is 13.2. The maximum absolute atomic E-state index is 5.09. The van der Waals surface area contributed by atoms with Crippen LogP contribution in [0.2, 0.25) is 0 Å². The van der Waals surface area contributed by atoms with Crippen molar-refractivity contribution >= 4 is 5.82 Å². The van der Waals surface area contributed by atoms with Crippen molar-refractivity contribution in [3.05, 3.63) is 35.5 Å². The van der Waals surface area contributed by atoms with E-state index in [4.69, 9.17) is 4.74 Å². The molecule has 22 heavy (non-hydrogen) atoms. The third-order valence-corrected chi connectivity index (χ3v) is 3.99. The molecule has 0 unspecified atom stereocenters. The molecule has 2 aromatic heterocycles. The largest absolute Gasteiger partial charge is 0.377 e. The summed E-state index contributed by atoms with van der Waals surface area (Å²) in [6.07, 6.45) is 7.23. The number of methoxy groups -OCH3 is 1. The molecule has 6 heteroatoms. The van der Waals surface area contributed by atoms with E-state index in [0.717, 1.165) is 17.2 Å². The number of aromatic nitrogens is 4. The fraction of sp³-hybridized carbons (Fsp3) is 0.562. The van der Waals surface area contributed by atoms with Crippen LogP contribution in [0.15, 0.2) is 18.3 Å². The van der Waals surface area contributed by atoms with Gasteiger partial charge in [0.15, 0.2) is 5.82 Å². The maximum Gasteiger partial charge on any atom is 0.156 e. The first-order valence-electron chi connectivity index (χ1n) is 7.86. The standard InChI is InChI=1S/C16H23N5O/c1-12-9-15(19-16(18-12)11-22-2)17-10-13-7-8-21(20-13)14-5-3-4-6-14/h7-9,14H,3-6,10-11H2,1-2H3,(H,17,18,19). The number of rotatable bonds is 6. The second-order valence-electron chi connectivity index (χ2n) is 5.82. The second kappa shape index (κ2) is 6.87. The minimum Gasteiger partial charge on any atom is -0.377 e. The molecule has 0 radical (unpaired) electrons. The van der Waals surface area contributed by atoms with Crippen LogP contribution in [-0.2, 0) is 17.9 Å². The van der Waals surface area contributed by atoms with Gasteiger partial charge in [0.1, 0.15) is 12.4 Å². The summed E-state index contributed by atoms with van der Waals surface area (Å²) in [5, 5.41) is 8.00. The lowest BCUT2D eigenvalue weighted by molar-refractivity contribution is 0.177. The van der Waals surface area contributed by atoms with Crippen molar-refractivity contribution in [2.75, 3.05) is 12.4 Å². The number of anilines is 1. The van der Waals surface area contributed by atoms with Crippen LogP contribution >= 0.6 is 0 Å². The summed E-state index contributed by atoms with van der Waals surface area (Å²) in [5.74, 6) is 1.51. The number of nitrogens with one attached hydrogen (secondary N) is 1. The van der Waals surface area contributed by atoms with Crippen molar-refractivity contribution in [1.29, 1.82) is 0 Å². The van der Waals surface area contributed by atoms with Gasteiger partial charge >= 0.3 is 0 Å². The highest BCUT2D eigenvalue weighted by Gasteiger charge is 2.17. The van der Waals surface area contributed by atoms with Gasteiger partial charge < -0.3 is 10.1 Å². The van der Waals surface area contributed by atoms with E-state index in [0.29, 0.717) is 25.0 Å². The summed E-state index contributed by atoms with van der Waals surface area (Å²) in [6.45, 7) is 3.05. The molecule has 0 amide bonds. The third kappa shape index (κ3) is 3.62. The molecule has 6 nitrogen and oxygen atoms in total. The average molecular weight is 301 g/mol. The van der Waals surface area contributed by atoms with Gasteiger partial charge in [-0.3, -0.25) is 4.68 Å². The molecule has 0 aliphatic heterocycles. The van der Waals surface area contributed by atoms with E-state index in [1.54, 1.807) is 7.11 Å². The summed E-state index contributed by atoms with van der Waals surface area (Å²) in [4.78, 5) is 8.78. The van der Waals surface area contributed by atoms with E-state index < -0.39 is 0 Å². The van der Waals surface area contributed by atoms with E-state index >= 15 is 0 Å². The van der Waals surface area contributed by atoms with E-state index in [2.05, 4.69) is 37.3 Å². The number of hydrogen-bond acceptors (Lipinski definition) is 5. The van der Waals surface area contributed by atoms with E-state index in [1.165, 1.54) is 25.7 Å². The molecular formula is C16H23N5O. The predicted molar refractivity (Wildman–Crippen MR) is 84.5 cm³/mol. The second-order valence-corrected chi connectivity index (χ2v) is 5.82. The van der Waals surface area contributed by atoms with Gasteiger partial charge in [-0.15, -0.1) is 0 Å². The Morgan fingerprint density at radius 2 is 2.14 bits per heavy atom. The van der Waals surface area contributed by atoms with Crippen molar-refractivity contribution in [2.24, 2.45) is 0 Å². The molecular weight excluding hydrogens is 278 g/mol. The SMILES string of the molecule is COCc1nc(C)cc(NCc2ccn(C3CCCC3)n2)n1. The van der Waals surface area contributed by atoms with Gasteiger partial charge in [0, 0.05) is 25.1 Å². The molecule has 2 heterocycles. The Hall–Kier alpha value is -1.95. The maximum atomic E-state index is 5.09. The molecule has 1 aliphatic rings. The first-order valence-corrected chi connectivity index (χ1v) is 7.86. The zero-order chi connectivity index (χ0) is 15.4. The van der Waals surface area contributed by atoms with Crippen molar-refractivity contribution in [2.45, 2.75) is 51.8 Å². The van der Waals surface area contributed by atoms with E-state index in [9.17, 15) is 0 Å². The first-order chi connectivity index (χ1) is 10.7. The Kier molecular flexibility index (Phi) is 4.68. The molecule has 0 atom stereocenters. The summed E-state index contributed by atoms with van der Waals surface area (Å²) < 4.78 is 7.21. The first kappa shape index (κ1) is 15.0. The highest BCUT2D eigenvalue weighted by Crippen LogP contribution is 2.28. The molecule has 0 bridgehead atoms. The lowest BCUT2D eigenvalue weighted by Gasteiger charge is -2.09. The molecule has 2 aromatic rings. The summed E-state index contributed by atoms with van der Waals surface area (Å²) >= 11 is 0. The Labute approximate surface area is 130 Å². The lowest BCUT2D eigenvalue weighted by atomic mass is 10.3. The Morgan fingerprint density at radius 3 is 2.91 bits per heavy atom. The van der Waals surface area contributed by atoms with Gasteiger partial charge in [0.2, 0.25) is 0 Å². The quantitative estimate of drug-likeness (QED) is 0.888. The van der Waals surface area contributed by atoms with Gasteiger partial charge in [0.05, 0.1) is 18.3 Å². The average Bonchev–Trinajstić information content (AvgIpc) is 3.16. The molecule has 1 fully saturated rings. The highest BCUT2D eigenvalue weighted by atomic mass is 16.5. The van der Waals surface area contributed by atoms with Gasteiger partial charge in [-0.25, -0.2) is 9.97 Å².